The van der Waals surface area contributed by atoms with Crippen molar-refractivity contribution in [2.75, 3.05) is 36.0 Å². The molecule has 0 saturated carbocycles. The van der Waals surface area contributed by atoms with Crippen LogP contribution in [0.1, 0.15) is 11.3 Å². The minimum atomic E-state index is 0.904. The second kappa shape index (κ2) is 7.07. The number of anilines is 2. The van der Waals surface area contributed by atoms with Crippen LogP contribution in [-0.4, -0.2) is 46.3 Å². The first kappa shape index (κ1) is 16.4. The quantitative estimate of drug-likeness (QED) is 0.727. The maximum atomic E-state index is 4.44. The highest BCUT2D eigenvalue weighted by molar-refractivity contribution is 5.60. The van der Waals surface area contributed by atoms with Gasteiger partial charge in [0, 0.05) is 43.5 Å². The molecule has 0 atom stereocenters. The van der Waals surface area contributed by atoms with Crippen LogP contribution in [-0.2, 0) is 0 Å². The van der Waals surface area contributed by atoms with Crippen molar-refractivity contribution in [1.29, 1.82) is 0 Å². The first-order valence-corrected chi connectivity index (χ1v) is 8.88. The highest BCUT2D eigenvalue weighted by Gasteiger charge is 2.19. The van der Waals surface area contributed by atoms with E-state index in [2.05, 4.69) is 67.2 Å². The van der Waals surface area contributed by atoms with E-state index in [9.17, 15) is 0 Å². The van der Waals surface area contributed by atoms with Crippen molar-refractivity contribution in [3.05, 3.63) is 60.0 Å². The Balaban J connectivity index is 1.42. The van der Waals surface area contributed by atoms with Gasteiger partial charge in [-0.1, -0.05) is 29.8 Å². The van der Waals surface area contributed by atoms with E-state index in [1.807, 2.05) is 19.1 Å². The smallest absolute Gasteiger partial charge is 0.151 e. The summed E-state index contributed by atoms with van der Waals surface area (Å²) in [7, 11) is 0. The molecule has 0 amide bonds. The van der Waals surface area contributed by atoms with E-state index in [-0.39, 0.29) is 0 Å². The summed E-state index contributed by atoms with van der Waals surface area (Å²) in [6.07, 6.45) is 1.63. The fraction of sp³-hybridized carbons (Fsp3) is 0.300. The lowest BCUT2D eigenvalue weighted by Crippen LogP contribution is -2.47. The summed E-state index contributed by atoms with van der Waals surface area (Å²) in [4.78, 5) is 13.1. The van der Waals surface area contributed by atoms with Gasteiger partial charge in [-0.3, -0.25) is 0 Å². The molecule has 0 spiro atoms. The van der Waals surface area contributed by atoms with Gasteiger partial charge >= 0.3 is 0 Å². The molecule has 1 fully saturated rings. The molecule has 1 aliphatic heterocycles. The summed E-state index contributed by atoms with van der Waals surface area (Å²) in [5.41, 5.74) is 4.24. The van der Waals surface area contributed by atoms with Crippen LogP contribution in [0.3, 0.4) is 0 Å². The molecule has 0 N–H and O–H groups in total. The van der Waals surface area contributed by atoms with Crippen molar-refractivity contribution in [2.24, 2.45) is 0 Å². The normalized spacial score (nSPS) is 14.5. The number of piperazine rings is 1. The Hall–Kier alpha value is -3.02. The molecular weight excluding hydrogens is 324 g/mol. The molecule has 1 saturated heterocycles. The van der Waals surface area contributed by atoms with Gasteiger partial charge in [0.25, 0.3) is 0 Å². The van der Waals surface area contributed by atoms with E-state index < -0.39 is 0 Å². The number of nitrogens with zero attached hydrogens (tertiary/aromatic N) is 6. The third kappa shape index (κ3) is 3.49. The highest BCUT2D eigenvalue weighted by Crippen LogP contribution is 2.21. The topological polar surface area (TPSA) is 58.0 Å². The van der Waals surface area contributed by atoms with Gasteiger partial charge in [0.2, 0.25) is 0 Å². The highest BCUT2D eigenvalue weighted by atomic mass is 15.3. The Morgan fingerprint density at radius 1 is 0.731 bits per heavy atom. The molecule has 3 aromatic rings. The zero-order valence-electron chi connectivity index (χ0n) is 15.1. The van der Waals surface area contributed by atoms with Gasteiger partial charge in [-0.15, -0.1) is 10.2 Å². The predicted octanol–water partition coefficient (Wildman–Crippen LogP) is 2.88. The lowest BCUT2D eigenvalue weighted by atomic mass is 10.1. The number of hydrogen-bond donors (Lipinski definition) is 0. The van der Waals surface area contributed by atoms with Crippen LogP contribution < -0.4 is 9.80 Å². The van der Waals surface area contributed by atoms with E-state index in [1.54, 1.807) is 6.33 Å². The van der Waals surface area contributed by atoms with Crippen LogP contribution in [0.15, 0.2) is 48.8 Å². The molecule has 6 nitrogen and oxygen atoms in total. The second-order valence-corrected chi connectivity index (χ2v) is 6.63. The Morgan fingerprint density at radius 2 is 1.42 bits per heavy atom. The minimum absolute atomic E-state index is 0.904. The summed E-state index contributed by atoms with van der Waals surface area (Å²) in [6.45, 7) is 7.71. The standard InChI is InChI=1S/C20H22N6/c1-15-3-5-17(6-4-15)18-7-8-19(24-23-18)25-9-11-26(12-10-25)20-13-16(2)21-14-22-20/h3-8,13-14H,9-12H2,1-2H3. The van der Waals surface area contributed by atoms with Gasteiger partial charge in [0.05, 0.1) is 5.69 Å². The van der Waals surface area contributed by atoms with Crippen molar-refractivity contribution in [3.8, 4) is 11.3 Å². The fourth-order valence-electron chi connectivity index (χ4n) is 3.15. The van der Waals surface area contributed by atoms with Gasteiger partial charge in [0.1, 0.15) is 12.1 Å². The fourth-order valence-corrected chi connectivity index (χ4v) is 3.15. The van der Waals surface area contributed by atoms with Crippen molar-refractivity contribution >= 4 is 11.6 Å². The summed E-state index contributed by atoms with van der Waals surface area (Å²) in [5, 5.41) is 8.86. The maximum absolute atomic E-state index is 4.44. The lowest BCUT2D eigenvalue weighted by molar-refractivity contribution is 0.637. The van der Waals surface area contributed by atoms with E-state index in [1.165, 1.54) is 5.56 Å². The third-order valence-corrected chi connectivity index (χ3v) is 4.71. The number of hydrogen-bond acceptors (Lipinski definition) is 6. The Labute approximate surface area is 153 Å². The number of rotatable bonds is 3. The zero-order chi connectivity index (χ0) is 17.9. The van der Waals surface area contributed by atoms with E-state index in [4.69, 9.17) is 0 Å². The Morgan fingerprint density at radius 3 is 2.04 bits per heavy atom. The summed E-state index contributed by atoms with van der Waals surface area (Å²) in [6, 6.07) is 14.5. The minimum Gasteiger partial charge on any atom is -0.353 e. The number of aromatic nitrogens is 4. The first-order valence-electron chi connectivity index (χ1n) is 8.88. The van der Waals surface area contributed by atoms with E-state index in [0.29, 0.717) is 0 Å². The molecule has 0 bridgehead atoms. The summed E-state index contributed by atoms with van der Waals surface area (Å²) >= 11 is 0. The van der Waals surface area contributed by atoms with Gasteiger partial charge < -0.3 is 9.80 Å². The number of benzene rings is 1. The van der Waals surface area contributed by atoms with E-state index in [0.717, 1.165) is 54.8 Å². The molecule has 1 aromatic carbocycles. The summed E-state index contributed by atoms with van der Waals surface area (Å²) in [5.74, 6) is 1.93. The SMILES string of the molecule is Cc1ccc(-c2ccc(N3CCN(c4cc(C)ncn4)CC3)nn2)cc1. The van der Waals surface area contributed by atoms with Crippen LogP contribution in [0.5, 0.6) is 0 Å². The molecule has 0 unspecified atom stereocenters. The lowest BCUT2D eigenvalue weighted by Gasteiger charge is -2.35. The van der Waals surface area contributed by atoms with Crippen LogP contribution in [0.4, 0.5) is 11.6 Å². The maximum Gasteiger partial charge on any atom is 0.151 e. The van der Waals surface area contributed by atoms with Gasteiger partial charge in [-0.25, -0.2) is 9.97 Å². The first-order chi connectivity index (χ1) is 12.7. The monoisotopic (exact) mass is 346 g/mol. The van der Waals surface area contributed by atoms with Crippen molar-refractivity contribution in [3.63, 3.8) is 0 Å². The molecule has 0 aliphatic carbocycles. The van der Waals surface area contributed by atoms with Crippen molar-refractivity contribution in [2.45, 2.75) is 13.8 Å². The van der Waals surface area contributed by atoms with Crippen molar-refractivity contribution < 1.29 is 0 Å². The Kier molecular flexibility index (Phi) is 4.48. The Bertz CT molecular complexity index is 868. The largest absolute Gasteiger partial charge is 0.353 e. The average molecular weight is 346 g/mol. The third-order valence-electron chi connectivity index (χ3n) is 4.71. The van der Waals surface area contributed by atoms with Crippen LogP contribution in [0.25, 0.3) is 11.3 Å². The van der Waals surface area contributed by atoms with Crippen LogP contribution >= 0.6 is 0 Å². The molecule has 2 aromatic heterocycles. The average Bonchev–Trinajstić information content (AvgIpc) is 2.69. The van der Waals surface area contributed by atoms with Crippen LogP contribution in [0, 0.1) is 13.8 Å². The molecule has 0 radical (unpaired) electrons. The predicted molar refractivity (Wildman–Crippen MR) is 103 cm³/mol. The van der Waals surface area contributed by atoms with Gasteiger partial charge in [-0.05, 0) is 26.0 Å². The molecule has 26 heavy (non-hydrogen) atoms. The number of aryl methyl sites for hydroxylation is 2. The molecule has 4 rings (SSSR count). The van der Waals surface area contributed by atoms with Crippen molar-refractivity contribution in [1.82, 2.24) is 20.2 Å². The second-order valence-electron chi connectivity index (χ2n) is 6.63. The van der Waals surface area contributed by atoms with E-state index >= 15 is 0 Å². The zero-order valence-corrected chi connectivity index (χ0v) is 15.1. The van der Waals surface area contributed by atoms with Crippen LogP contribution in [0.2, 0.25) is 0 Å². The van der Waals surface area contributed by atoms with Gasteiger partial charge in [-0.2, -0.15) is 0 Å². The summed E-state index contributed by atoms with van der Waals surface area (Å²) < 4.78 is 0. The molecule has 1 aliphatic rings. The molecular formula is C20H22N6. The molecule has 3 heterocycles. The molecule has 6 heteroatoms. The van der Waals surface area contributed by atoms with Gasteiger partial charge in [0.15, 0.2) is 5.82 Å². The molecule has 132 valence electrons.